The number of aromatic nitrogens is 2. The van der Waals surface area contributed by atoms with Crippen molar-refractivity contribution in [2.75, 3.05) is 0 Å². The topological polar surface area (TPSA) is 75.2 Å². The summed E-state index contributed by atoms with van der Waals surface area (Å²) in [6, 6.07) is 0. The monoisotopic (exact) mass is 197 g/mol. The number of nitrogens with one attached hydrogen (secondary N) is 1. The van der Waals surface area contributed by atoms with E-state index in [0.29, 0.717) is 15.8 Å². The Morgan fingerprint density at radius 3 is 3.15 bits per heavy atom. The maximum Gasteiger partial charge on any atom is 0.272 e. The molecule has 6 heteroatoms. The third kappa shape index (κ3) is 1.37. The summed E-state index contributed by atoms with van der Waals surface area (Å²) in [4.78, 5) is 28.3. The summed E-state index contributed by atoms with van der Waals surface area (Å²) in [5, 5.41) is 2.96. The first-order valence-corrected chi connectivity index (χ1v) is 4.72. The summed E-state index contributed by atoms with van der Waals surface area (Å²) in [6.07, 6.45) is 0.729. The van der Waals surface area contributed by atoms with E-state index in [1.54, 1.807) is 0 Å². The van der Waals surface area contributed by atoms with E-state index < -0.39 is 0 Å². The van der Waals surface area contributed by atoms with Crippen molar-refractivity contribution in [1.82, 2.24) is 9.97 Å². The van der Waals surface area contributed by atoms with Crippen LogP contribution in [0.3, 0.4) is 0 Å². The highest BCUT2D eigenvalue weighted by atomic mass is 32.2. The molecule has 1 aliphatic rings. The second-order valence-electron chi connectivity index (χ2n) is 2.89. The van der Waals surface area contributed by atoms with E-state index in [0.717, 1.165) is 6.42 Å². The predicted molar refractivity (Wildman–Crippen MR) is 49.3 cm³/mol. The molecule has 0 aromatic carbocycles. The third-order valence-corrected chi connectivity index (χ3v) is 3.05. The molecule has 0 radical (unpaired) electrons. The van der Waals surface area contributed by atoms with Crippen LogP contribution in [0, 0.1) is 4.91 Å². The van der Waals surface area contributed by atoms with Crippen LogP contribution in [0.2, 0.25) is 0 Å². The average molecular weight is 197 g/mol. The number of H-pyrrole nitrogens is 1. The van der Waals surface area contributed by atoms with Crippen molar-refractivity contribution in [2.45, 2.75) is 23.5 Å². The van der Waals surface area contributed by atoms with Gasteiger partial charge >= 0.3 is 0 Å². The Hall–Kier alpha value is -1.17. The van der Waals surface area contributed by atoms with Gasteiger partial charge in [0, 0.05) is 16.8 Å². The van der Waals surface area contributed by atoms with Crippen LogP contribution in [0.1, 0.15) is 12.6 Å². The Morgan fingerprint density at radius 2 is 2.46 bits per heavy atom. The van der Waals surface area contributed by atoms with E-state index in [4.69, 9.17) is 0 Å². The average Bonchev–Trinajstić information content (AvgIpc) is 2.46. The molecule has 2 heterocycles. The zero-order valence-corrected chi connectivity index (χ0v) is 7.72. The Labute approximate surface area is 77.9 Å². The highest BCUT2D eigenvalue weighted by Gasteiger charge is 2.23. The Kier molecular flexibility index (Phi) is 1.91. The summed E-state index contributed by atoms with van der Waals surface area (Å²) < 4.78 is 0. The fourth-order valence-electron chi connectivity index (χ4n) is 1.31. The normalized spacial score (nSPS) is 19.9. The van der Waals surface area contributed by atoms with Crippen molar-refractivity contribution in [1.29, 1.82) is 0 Å². The molecular weight excluding hydrogens is 190 g/mol. The van der Waals surface area contributed by atoms with Crippen molar-refractivity contribution in [3.8, 4) is 0 Å². The van der Waals surface area contributed by atoms with Crippen LogP contribution in [-0.4, -0.2) is 15.2 Å². The fourth-order valence-corrected chi connectivity index (χ4v) is 2.38. The molecule has 0 spiro atoms. The third-order valence-electron chi connectivity index (χ3n) is 1.82. The van der Waals surface area contributed by atoms with E-state index in [1.165, 1.54) is 11.8 Å². The van der Waals surface area contributed by atoms with Gasteiger partial charge in [-0.15, -0.1) is 16.7 Å². The molecule has 1 N–H and O–H groups in total. The molecule has 0 bridgehead atoms. The second-order valence-corrected chi connectivity index (χ2v) is 4.34. The van der Waals surface area contributed by atoms with Gasteiger partial charge in [0.25, 0.3) is 11.5 Å². The van der Waals surface area contributed by atoms with Crippen LogP contribution in [0.4, 0.5) is 5.95 Å². The zero-order valence-electron chi connectivity index (χ0n) is 6.90. The number of aromatic amines is 1. The lowest BCUT2D eigenvalue weighted by Gasteiger charge is -1.94. The van der Waals surface area contributed by atoms with Crippen LogP contribution in [0.15, 0.2) is 14.9 Å². The fraction of sp³-hybridized carbons (Fsp3) is 0.429. The summed E-state index contributed by atoms with van der Waals surface area (Å²) in [6.45, 7) is 2.01. The smallest absolute Gasteiger partial charge is 0.272 e. The van der Waals surface area contributed by atoms with Gasteiger partial charge in [-0.3, -0.25) is 9.78 Å². The molecule has 1 aromatic heterocycles. The van der Waals surface area contributed by atoms with Gasteiger partial charge in [0.1, 0.15) is 0 Å². The number of fused-ring (bicyclic) bond motifs is 1. The number of nitrogens with zero attached hydrogens (tertiary/aromatic N) is 2. The largest absolute Gasteiger partial charge is 0.287 e. The zero-order chi connectivity index (χ0) is 9.42. The highest BCUT2D eigenvalue weighted by molar-refractivity contribution is 8.00. The SMILES string of the molecule is CC1Cc2nc(N=O)[nH]c(=O)c2S1. The number of hydrogen-bond acceptors (Lipinski definition) is 5. The van der Waals surface area contributed by atoms with Crippen molar-refractivity contribution in [3.63, 3.8) is 0 Å². The molecule has 2 rings (SSSR count). The molecule has 0 saturated carbocycles. The number of hydrogen-bond donors (Lipinski definition) is 1. The molecular formula is C7H7N3O2S. The van der Waals surface area contributed by atoms with Crippen LogP contribution in [0.5, 0.6) is 0 Å². The highest BCUT2D eigenvalue weighted by Crippen LogP contribution is 2.32. The number of rotatable bonds is 1. The first-order chi connectivity index (χ1) is 6.20. The van der Waals surface area contributed by atoms with E-state index >= 15 is 0 Å². The minimum absolute atomic E-state index is 0.126. The van der Waals surface area contributed by atoms with Crippen molar-refractivity contribution >= 4 is 17.7 Å². The molecule has 1 aromatic rings. The molecule has 1 aliphatic heterocycles. The molecule has 0 saturated heterocycles. The molecule has 68 valence electrons. The summed E-state index contributed by atoms with van der Waals surface area (Å²) in [5.41, 5.74) is 0.435. The lowest BCUT2D eigenvalue weighted by molar-refractivity contribution is 0.881. The Balaban J connectivity index is 2.59. The van der Waals surface area contributed by atoms with Gasteiger partial charge in [-0.05, 0) is 0 Å². The van der Waals surface area contributed by atoms with Gasteiger partial charge in [0.15, 0.2) is 0 Å². The first-order valence-electron chi connectivity index (χ1n) is 3.84. The predicted octanol–water partition coefficient (Wildman–Crippen LogP) is 1.20. The molecule has 0 fully saturated rings. The van der Waals surface area contributed by atoms with E-state index in [2.05, 4.69) is 15.1 Å². The van der Waals surface area contributed by atoms with E-state index in [-0.39, 0.29) is 11.5 Å². The Morgan fingerprint density at radius 1 is 1.69 bits per heavy atom. The summed E-state index contributed by atoms with van der Waals surface area (Å²) >= 11 is 1.49. The number of thioether (sulfide) groups is 1. The molecule has 0 amide bonds. The van der Waals surface area contributed by atoms with Crippen LogP contribution >= 0.6 is 11.8 Å². The number of nitroso groups, excluding NO2 is 1. The Bertz CT molecular complexity index is 415. The summed E-state index contributed by atoms with van der Waals surface area (Å²) in [7, 11) is 0. The molecule has 0 aliphatic carbocycles. The summed E-state index contributed by atoms with van der Waals surface area (Å²) in [5.74, 6) is -0.126. The minimum Gasteiger partial charge on any atom is -0.287 e. The quantitative estimate of drug-likeness (QED) is 0.686. The molecule has 1 unspecified atom stereocenters. The maximum atomic E-state index is 11.3. The van der Waals surface area contributed by atoms with E-state index in [9.17, 15) is 9.70 Å². The lowest BCUT2D eigenvalue weighted by atomic mass is 10.2. The lowest BCUT2D eigenvalue weighted by Crippen LogP contribution is -2.09. The van der Waals surface area contributed by atoms with Gasteiger partial charge in [0.05, 0.1) is 10.6 Å². The molecule has 1 atom stereocenters. The van der Waals surface area contributed by atoms with Gasteiger partial charge in [-0.1, -0.05) is 6.92 Å². The van der Waals surface area contributed by atoms with Crippen molar-refractivity contribution in [2.24, 2.45) is 5.18 Å². The molecule has 13 heavy (non-hydrogen) atoms. The van der Waals surface area contributed by atoms with Crippen molar-refractivity contribution < 1.29 is 0 Å². The van der Waals surface area contributed by atoms with Gasteiger partial charge in [-0.25, -0.2) is 4.98 Å². The second kappa shape index (κ2) is 2.95. The van der Waals surface area contributed by atoms with E-state index in [1.807, 2.05) is 6.92 Å². The minimum atomic E-state index is -0.256. The van der Waals surface area contributed by atoms with Crippen molar-refractivity contribution in [3.05, 3.63) is 21.0 Å². The van der Waals surface area contributed by atoms with Gasteiger partial charge < -0.3 is 0 Å². The van der Waals surface area contributed by atoms with Gasteiger partial charge in [-0.2, -0.15) is 0 Å². The van der Waals surface area contributed by atoms with Crippen LogP contribution < -0.4 is 5.56 Å². The van der Waals surface area contributed by atoms with Crippen LogP contribution in [-0.2, 0) is 6.42 Å². The standard InChI is InChI=1S/C7H7N3O2S/c1-3-2-4-5(13-3)6(11)9-7(8-4)10-12/h3H,2H2,1H3,(H,8,9,11). The van der Waals surface area contributed by atoms with Crippen LogP contribution in [0.25, 0.3) is 0 Å². The first kappa shape index (κ1) is 8.43. The molecule has 5 nitrogen and oxygen atoms in total. The van der Waals surface area contributed by atoms with Gasteiger partial charge in [0.2, 0.25) is 0 Å². The maximum absolute atomic E-state index is 11.3.